The standard InChI is InChI=1S/C40H38N6O8S2/c47-34-14-11-31(32(23-34)26-55(51,52)38-35-7-3-1-5-29(35)15-17-41-38)24-37(43-27-56(53,54)39-36-8-4-2-6-30(36)16-18-42-39)40(48)45-21-19-44(20-22-45)25-28-9-12-33(13-10-28)46(49)50/h1-18,23,37,43,47H,19-22,24-27H2. The highest BCUT2D eigenvalue weighted by atomic mass is 32.2. The van der Waals surface area contributed by atoms with Gasteiger partial charge in [-0.05, 0) is 58.1 Å². The first-order chi connectivity index (χ1) is 26.9. The number of sulfone groups is 2. The maximum Gasteiger partial charge on any atom is 0.269 e. The summed E-state index contributed by atoms with van der Waals surface area (Å²) >= 11 is 0. The number of benzene rings is 4. The Morgan fingerprint density at radius 2 is 1.36 bits per heavy atom. The molecule has 0 aliphatic carbocycles. The van der Waals surface area contributed by atoms with Gasteiger partial charge in [-0.25, -0.2) is 26.8 Å². The SMILES string of the molecule is O=C(C(Cc1ccc(O)cc1CS(=O)(=O)c1nccc2ccccc12)NCS(=O)(=O)c1nccc2ccccc12)N1CCN(Cc2ccc([N+](=O)[O-])cc2)CC1. The largest absolute Gasteiger partial charge is 0.508 e. The second kappa shape index (κ2) is 16.1. The van der Waals surface area contributed by atoms with Crippen LogP contribution in [0.3, 0.4) is 0 Å². The lowest BCUT2D eigenvalue weighted by molar-refractivity contribution is -0.384. The van der Waals surface area contributed by atoms with Crippen molar-refractivity contribution in [3.8, 4) is 5.75 Å². The third-order valence-corrected chi connectivity index (χ3v) is 12.9. The van der Waals surface area contributed by atoms with Crippen LogP contribution in [0.4, 0.5) is 5.69 Å². The first-order valence-electron chi connectivity index (χ1n) is 17.8. The van der Waals surface area contributed by atoms with Gasteiger partial charge in [-0.2, -0.15) is 0 Å². The second-order valence-electron chi connectivity index (χ2n) is 13.6. The molecule has 4 aromatic carbocycles. The van der Waals surface area contributed by atoms with Gasteiger partial charge in [0.1, 0.15) is 11.6 Å². The number of nitro benzene ring substituents is 1. The van der Waals surface area contributed by atoms with Crippen molar-refractivity contribution in [2.45, 2.75) is 34.8 Å². The van der Waals surface area contributed by atoms with E-state index in [0.29, 0.717) is 59.8 Å². The summed E-state index contributed by atoms with van der Waals surface area (Å²) in [7, 11) is -8.15. The molecule has 1 atom stereocenters. The first-order valence-corrected chi connectivity index (χ1v) is 21.1. The van der Waals surface area contributed by atoms with Crippen LogP contribution in [-0.4, -0.2) is 90.6 Å². The number of aromatic nitrogens is 2. The van der Waals surface area contributed by atoms with Gasteiger partial charge >= 0.3 is 0 Å². The molecular formula is C40H38N6O8S2. The van der Waals surface area contributed by atoms with Crippen molar-refractivity contribution in [2.24, 2.45) is 0 Å². The van der Waals surface area contributed by atoms with Crippen LogP contribution in [0.2, 0.25) is 0 Å². The van der Waals surface area contributed by atoms with Gasteiger partial charge in [0.15, 0.2) is 19.9 Å². The van der Waals surface area contributed by atoms with Crippen LogP contribution < -0.4 is 5.32 Å². The average Bonchev–Trinajstić information content (AvgIpc) is 3.20. The number of carbonyl (C=O) groups is 1. The molecule has 0 saturated carbocycles. The Kier molecular flexibility index (Phi) is 11.1. The summed E-state index contributed by atoms with van der Waals surface area (Å²) in [5.74, 6) is -1.71. The molecule has 1 fully saturated rings. The van der Waals surface area contributed by atoms with E-state index in [1.807, 2.05) is 0 Å². The highest BCUT2D eigenvalue weighted by Gasteiger charge is 2.31. The number of nitrogens with zero attached hydrogens (tertiary/aromatic N) is 5. The van der Waals surface area contributed by atoms with Crippen LogP contribution in [-0.2, 0) is 43.2 Å². The molecule has 288 valence electrons. The number of rotatable bonds is 13. The number of phenolic OH excluding ortho intramolecular Hbond substituents is 1. The van der Waals surface area contributed by atoms with E-state index in [0.717, 1.165) is 5.56 Å². The third kappa shape index (κ3) is 8.53. The lowest BCUT2D eigenvalue weighted by atomic mass is 9.99. The van der Waals surface area contributed by atoms with Crippen LogP contribution >= 0.6 is 0 Å². The Bertz CT molecular complexity index is 2640. The molecule has 2 aromatic heterocycles. The van der Waals surface area contributed by atoms with Gasteiger partial charge in [-0.15, -0.1) is 0 Å². The van der Waals surface area contributed by atoms with Crippen molar-refractivity contribution < 1.29 is 31.7 Å². The van der Waals surface area contributed by atoms with Crippen LogP contribution in [0.25, 0.3) is 21.5 Å². The maximum absolute atomic E-state index is 14.4. The van der Waals surface area contributed by atoms with E-state index in [4.69, 9.17) is 0 Å². The second-order valence-corrected chi connectivity index (χ2v) is 17.4. The normalized spacial score (nSPS) is 14.5. The minimum atomic E-state index is -4.08. The number of hydrogen-bond donors (Lipinski definition) is 2. The molecule has 1 unspecified atom stereocenters. The number of hydrogen-bond acceptors (Lipinski definition) is 12. The van der Waals surface area contributed by atoms with Gasteiger partial charge in [0.2, 0.25) is 15.7 Å². The lowest BCUT2D eigenvalue weighted by Crippen LogP contribution is -2.55. The molecule has 2 N–H and O–H groups in total. The summed E-state index contributed by atoms with van der Waals surface area (Å²) in [6.07, 6.45) is 2.75. The third-order valence-electron chi connectivity index (χ3n) is 9.88. The van der Waals surface area contributed by atoms with E-state index in [-0.39, 0.29) is 39.4 Å². The fourth-order valence-electron chi connectivity index (χ4n) is 6.97. The quantitative estimate of drug-likeness (QED) is 0.122. The molecule has 0 radical (unpaired) electrons. The van der Waals surface area contributed by atoms with Crippen molar-refractivity contribution in [3.63, 3.8) is 0 Å². The zero-order valence-corrected chi connectivity index (χ0v) is 31.7. The van der Waals surface area contributed by atoms with Gasteiger partial charge in [-0.3, -0.25) is 25.1 Å². The maximum atomic E-state index is 14.4. The Morgan fingerprint density at radius 3 is 1.96 bits per heavy atom. The molecule has 6 aromatic rings. The summed E-state index contributed by atoms with van der Waals surface area (Å²) < 4.78 is 55.5. The van der Waals surface area contributed by atoms with Gasteiger partial charge < -0.3 is 10.0 Å². The van der Waals surface area contributed by atoms with Crippen molar-refractivity contribution >= 4 is 52.8 Å². The molecule has 0 bridgehead atoms. The summed E-state index contributed by atoms with van der Waals surface area (Å²) in [6.45, 7) is 2.16. The number of aromatic hydroxyl groups is 1. The Balaban J connectivity index is 1.15. The molecule has 0 spiro atoms. The molecule has 14 nitrogen and oxygen atoms in total. The molecular weight excluding hydrogens is 757 g/mol. The minimum absolute atomic E-state index is 0.000525. The molecule has 1 aliphatic heterocycles. The number of phenols is 1. The topological polar surface area (TPSA) is 193 Å². The summed E-state index contributed by atoms with van der Waals surface area (Å²) in [6, 6.07) is 26.9. The van der Waals surface area contributed by atoms with E-state index < -0.39 is 42.3 Å². The Morgan fingerprint density at radius 1 is 0.768 bits per heavy atom. The number of carbonyl (C=O) groups excluding carboxylic acids is 1. The van der Waals surface area contributed by atoms with Crippen LogP contribution in [0.5, 0.6) is 5.75 Å². The zero-order valence-electron chi connectivity index (χ0n) is 30.1. The van der Waals surface area contributed by atoms with Crippen molar-refractivity contribution in [3.05, 3.63) is 142 Å². The summed E-state index contributed by atoms with van der Waals surface area (Å²) in [5, 5.41) is 26.6. The lowest BCUT2D eigenvalue weighted by Gasteiger charge is -2.36. The monoisotopic (exact) mass is 794 g/mol. The van der Waals surface area contributed by atoms with E-state index in [2.05, 4.69) is 20.2 Å². The van der Waals surface area contributed by atoms with Gasteiger partial charge in [-0.1, -0.05) is 66.7 Å². The first kappa shape index (κ1) is 38.5. The van der Waals surface area contributed by atoms with Crippen LogP contribution in [0.15, 0.2) is 126 Å². The van der Waals surface area contributed by atoms with Gasteiger partial charge in [0, 0.05) is 68.0 Å². The number of pyridine rings is 2. The summed E-state index contributed by atoms with van der Waals surface area (Å²) in [5.41, 5.74) is 1.55. The summed E-state index contributed by atoms with van der Waals surface area (Å²) in [4.78, 5) is 37.1. The molecule has 7 rings (SSSR count). The van der Waals surface area contributed by atoms with Crippen molar-refractivity contribution in [1.29, 1.82) is 0 Å². The highest BCUT2D eigenvalue weighted by Crippen LogP contribution is 2.28. The number of non-ortho nitro benzene ring substituents is 1. The van der Waals surface area contributed by atoms with Crippen LogP contribution in [0.1, 0.15) is 16.7 Å². The number of nitrogens with one attached hydrogen (secondary N) is 1. The number of fused-ring (bicyclic) bond motifs is 2. The zero-order chi connectivity index (χ0) is 39.5. The van der Waals surface area contributed by atoms with Gasteiger partial charge in [0.25, 0.3) is 5.69 Å². The average molecular weight is 795 g/mol. The number of amides is 1. The Hall–Kier alpha value is -5.81. The van der Waals surface area contributed by atoms with Crippen molar-refractivity contribution in [1.82, 2.24) is 25.1 Å². The Labute approximate surface area is 323 Å². The molecule has 1 aliphatic rings. The molecule has 16 heteroatoms. The van der Waals surface area contributed by atoms with E-state index in [9.17, 15) is 36.9 Å². The number of piperazine rings is 1. The predicted molar refractivity (Wildman–Crippen MR) is 210 cm³/mol. The van der Waals surface area contributed by atoms with E-state index in [1.165, 1.54) is 36.7 Å². The van der Waals surface area contributed by atoms with Crippen LogP contribution in [0, 0.1) is 10.1 Å². The predicted octanol–water partition coefficient (Wildman–Crippen LogP) is 4.65. The molecule has 56 heavy (non-hydrogen) atoms. The van der Waals surface area contributed by atoms with E-state index >= 15 is 0 Å². The van der Waals surface area contributed by atoms with Crippen molar-refractivity contribution in [2.75, 3.05) is 32.1 Å². The van der Waals surface area contributed by atoms with Gasteiger partial charge in [0.05, 0.1) is 16.7 Å². The fraction of sp³-hybridized carbons (Fsp3) is 0.225. The number of nitro groups is 1. The smallest absolute Gasteiger partial charge is 0.269 e. The minimum Gasteiger partial charge on any atom is -0.508 e. The molecule has 1 amide bonds. The molecule has 1 saturated heterocycles. The molecule has 3 heterocycles. The van der Waals surface area contributed by atoms with E-state index in [1.54, 1.807) is 83.8 Å². The highest BCUT2D eigenvalue weighted by molar-refractivity contribution is 7.91. The fourth-order valence-corrected chi connectivity index (χ4v) is 9.83.